The fourth-order valence-electron chi connectivity index (χ4n) is 1.77. The molecule has 0 aliphatic rings. The molecule has 0 unspecified atom stereocenters. The van der Waals surface area contributed by atoms with Gasteiger partial charge < -0.3 is 9.67 Å². The van der Waals surface area contributed by atoms with Crippen LogP contribution >= 0.6 is 0 Å². The number of ketones is 1. The maximum absolute atomic E-state index is 11.3. The van der Waals surface area contributed by atoms with Crippen molar-refractivity contribution in [3.8, 4) is 0 Å². The molecule has 0 radical (unpaired) electrons. The monoisotopic (exact) mass is 195 g/mol. The van der Waals surface area contributed by atoms with Crippen molar-refractivity contribution in [1.29, 1.82) is 0 Å². The Bertz CT molecular complexity index is 378. The number of nitrogens with zero attached hydrogens (tertiary/aromatic N) is 1. The van der Waals surface area contributed by atoms with E-state index in [1.807, 2.05) is 0 Å². The molecule has 0 aliphatic heterocycles. The Hall–Kier alpha value is -1.58. The fraction of sp³-hybridized carbons (Fsp3) is 0.400. The average Bonchev–Trinajstić information content (AvgIpc) is 2.23. The van der Waals surface area contributed by atoms with Crippen molar-refractivity contribution in [3.05, 3.63) is 22.5 Å². The Balaban J connectivity index is 3.57. The molecule has 0 aromatic carbocycles. The van der Waals surface area contributed by atoms with Crippen molar-refractivity contribution >= 4 is 11.8 Å². The zero-order valence-corrected chi connectivity index (χ0v) is 8.71. The highest BCUT2D eigenvalue weighted by Crippen LogP contribution is 2.20. The Morgan fingerprint density at radius 1 is 1.14 bits per heavy atom. The molecular weight excluding hydrogens is 182 g/mol. The lowest BCUT2D eigenvalue weighted by Crippen LogP contribution is -2.10. The average molecular weight is 195 g/mol. The van der Waals surface area contributed by atoms with Gasteiger partial charge in [0.05, 0.1) is 5.69 Å². The van der Waals surface area contributed by atoms with E-state index in [-0.39, 0.29) is 11.5 Å². The largest absolute Gasteiger partial charge is 0.477 e. The van der Waals surface area contributed by atoms with E-state index in [1.54, 1.807) is 20.9 Å². The van der Waals surface area contributed by atoms with Crippen LogP contribution in [0.25, 0.3) is 0 Å². The van der Waals surface area contributed by atoms with Crippen LogP contribution in [0.5, 0.6) is 0 Å². The number of aromatic nitrogens is 1. The summed E-state index contributed by atoms with van der Waals surface area (Å²) in [7, 11) is 1.60. The van der Waals surface area contributed by atoms with Crippen molar-refractivity contribution in [2.75, 3.05) is 0 Å². The van der Waals surface area contributed by atoms with Crippen molar-refractivity contribution in [1.82, 2.24) is 4.57 Å². The van der Waals surface area contributed by atoms with Crippen LogP contribution in [0, 0.1) is 13.8 Å². The van der Waals surface area contributed by atoms with Gasteiger partial charge >= 0.3 is 5.97 Å². The molecule has 0 fully saturated rings. The molecule has 0 atom stereocenters. The van der Waals surface area contributed by atoms with Crippen molar-refractivity contribution < 1.29 is 14.7 Å². The van der Waals surface area contributed by atoms with E-state index < -0.39 is 5.97 Å². The van der Waals surface area contributed by atoms with Crippen molar-refractivity contribution in [2.24, 2.45) is 7.05 Å². The second-order valence-electron chi connectivity index (χ2n) is 3.37. The van der Waals surface area contributed by atoms with Crippen LogP contribution in [-0.2, 0) is 7.05 Å². The standard InChI is InChI=1S/C10H13NO3/c1-5-6(2)9(10(13)14)11(4)8(5)7(3)12/h1-4H3,(H,13,14). The fourth-order valence-corrected chi connectivity index (χ4v) is 1.77. The van der Waals surface area contributed by atoms with Crippen LogP contribution in [0.3, 0.4) is 0 Å². The number of hydrogen-bond donors (Lipinski definition) is 1. The molecule has 1 heterocycles. The minimum Gasteiger partial charge on any atom is -0.477 e. The molecule has 0 bridgehead atoms. The number of rotatable bonds is 2. The zero-order valence-electron chi connectivity index (χ0n) is 8.71. The molecule has 0 amide bonds. The summed E-state index contributed by atoms with van der Waals surface area (Å²) in [5.41, 5.74) is 2.07. The van der Waals surface area contributed by atoms with E-state index in [0.717, 1.165) is 5.56 Å². The number of carboxylic acid groups (broad SMARTS) is 1. The quantitative estimate of drug-likeness (QED) is 0.728. The van der Waals surface area contributed by atoms with E-state index in [2.05, 4.69) is 0 Å². The third kappa shape index (κ3) is 1.32. The van der Waals surface area contributed by atoms with Crippen LogP contribution < -0.4 is 0 Å². The number of carbonyl (C=O) groups excluding carboxylic acids is 1. The molecule has 14 heavy (non-hydrogen) atoms. The number of hydrogen-bond acceptors (Lipinski definition) is 2. The molecule has 76 valence electrons. The first-order valence-corrected chi connectivity index (χ1v) is 4.28. The third-order valence-electron chi connectivity index (χ3n) is 2.48. The Morgan fingerprint density at radius 2 is 1.57 bits per heavy atom. The molecule has 0 aliphatic carbocycles. The lowest BCUT2D eigenvalue weighted by atomic mass is 10.1. The summed E-state index contributed by atoms with van der Waals surface area (Å²) in [5, 5.41) is 8.93. The lowest BCUT2D eigenvalue weighted by Gasteiger charge is -2.01. The molecule has 0 spiro atoms. The van der Waals surface area contributed by atoms with E-state index >= 15 is 0 Å². The van der Waals surface area contributed by atoms with Crippen molar-refractivity contribution in [3.63, 3.8) is 0 Å². The summed E-state index contributed by atoms with van der Waals surface area (Å²) in [6.07, 6.45) is 0. The normalized spacial score (nSPS) is 10.3. The van der Waals surface area contributed by atoms with E-state index in [9.17, 15) is 9.59 Å². The number of carbonyl (C=O) groups is 2. The van der Waals surface area contributed by atoms with Crippen LogP contribution in [0.1, 0.15) is 39.0 Å². The van der Waals surface area contributed by atoms with Gasteiger partial charge in [-0.15, -0.1) is 0 Å². The van der Waals surface area contributed by atoms with Crippen molar-refractivity contribution in [2.45, 2.75) is 20.8 Å². The Morgan fingerprint density at radius 3 is 1.79 bits per heavy atom. The molecule has 1 aromatic rings. The first-order chi connectivity index (χ1) is 6.37. The molecular formula is C10H13NO3. The minimum atomic E-state index is -0.999. The maximum atomic E-state index is 11.3. The molecule has 0 saturated heterocycles. The molecule has 4 nitrogen and oxygen atoms in total. The van der Waals surface area contributed by atoms with Gasteiger partial charge in [0, 0.05) is 14.0 Å². The Labute approximate surface area is 82.2 Å². The maximum Gasteiger partial charge on any atom is 0.352 e. The summed E-state index contributed by atoms with van der Waals surface area (Å²) in [6.45, 7) is 4.91. The van der Waals surface area contributed by atoms with Gasteiger partial charge in [-0.1, -0.05) is 0 Å². The van der Waals surface area contributed by atoms with Crippen LogP contribution in [0.4, 0.5) is 0 Å². The van der Waals surface area contributed by atoms with Gasteiger partial charge in [0.15, 0.2) is 5.78 Å². The van der Waals surface area contributed by atoms with Gasteiger partial charge in [0.25, 0.3) is 0 Å². The lowest BCUT2D eigenvalue weighted by molar-refractivity contribution is 0.0685. The summed E-state index contributed by atoms with van der Waals surface area (Å²) in [6, 6.07) is 0. The van der Waals surface area contributed by atoms with E-state index in [1.165, 1.54) is 11.5 Å². The first-order valence-electron chi connectivity index (χ1n) is 4.28. The second kappa shape index (κ2) is 3.29. The van der Waals surface area contributed by atoms with Gasteiger partial charge in [-0.25, -0.2) is 4.79 Å². The number of aromatic carboxylic acids is 1. The minimum absolute atomic E-state index is 0.111. The topological polar surface area (TPSA) is 59.3 Å². The number of carboxylic acids is 1. The van der Waals surface area contributed by atoms with E-state index in [0.29, 0.717) is 11.3 Å². The molecule has 1 rings (SSSR count). The van der Waals surface area contributed by atoms with Gasteiger partial charge in [-0.3, -0.25) is 4.79 Å². The zero-order chi connectivity index (χ0) is 11.0. The molecule has 0 saturated carbocycles. The Kier molecular flexibility index (Phi) is 2.47. The summed E-state index contributed by atoms with van der Waals surface area (Å²) in [5.74, 6) is -1.11. The third-order valence-corrected chi connectivity index (χ3v) is 2.48. The number of Topliss-reactive ketones (excluding diaryl/α,β-unsaturated/α-hetero) is 1. The highest BCUT2D eigenvalue weighted by molar-refractivity contribution is 5.98. The SMILES string of the molecule is CC(=O)c1c(C)c(C)c(C(=O)O)n1C. The molecule has 4 heteroatoms. The second-order valence-corrected chi connectivity index (χ2v) is 3.37. The smallest absolute Gasteiger partial charge is 0.352 e. The van der Waals surface area contributed by atoms with Crippen LogP contribution in [0.2, 0.25) is 0 Å². The summed E-state index contributed by atoms with van der Waals surface area (Å²) >= 11 is 0. The predicted molar refractivity (Wildman–Crippen MR) is 51.9 cm³/mol. The summed E-state index contributed by atoms with van der Waals surface area (Å²) < 4.78 is 1.44. The van der Waals surface area contributed by atoms with Gasteiger partial charge in [-0.2, -0.15) is 0 Å². The highest BCUT2D eigenvalue weighted by atomic mass is 16.4. The summed E-state index contributed by atoms with van der Waals surface area (Å²) in [4.78, 5) is 22.2. The van der Waals surface area contributed by atoms with E-state index in [4.69, 9.17) is 5.11 Å². The first kappa shape index (κ1) is 10.5. The van der Waals surface area contributed by atoms with Crippen LogP contribution in [0.15, 0.2) is 0 Å². The highest BCUT2D eigenvalue weighted by Gasteiger charge is 2.21. The van der Waals surface area contributed by atoms with Crippen LogP contribution in [-0.4, -0.2) is 21.4 Å². The van der Waals surface area contributed by atoms with Gasteiger partial charge in [0.2, 0.25) is 0 Å². The molecule has 1 N–H and O–H groups in total. The predicted octanol–water partition coefficient (Wildman–Crippen LogP) is 1.54. The van der Waals surface area contributed by atoms with Gasteiger partial charge in [-0.05, 0) is 25.0 Å². The molecule has 1 aromatic heterocycles. The van der Waals surface area contributed by atoms with Gasteiger partial charge in [0.1, 0.15) is 5.69 Å².